The third-order valence-electron chi connectivity index (χ3n) is 2.81. The first-order valence-corrected chi connectivity index (χ1v) is 6.59. The van der Waals surface area contributed by atoms with Crippen LogP contribution >= 0.6 is 15.9 Å². The number of nitrogens with two attached hydrogens (primary N) is 1. The number of aromatic nitrogens is 3. The molecule has 2 aromatic rings. The van der Waals surface area contributed by atoms with E-state index >= 15 is 0 Å². The van der Waals surface area contributed by atoms with Crippen LogP contribution in [0.2, 0.25) is 0 Å². The summed E-state index contributed by atoms with van der Waals surface area (Å²) < 4.78 is 2.83. The first kappa shape index (κ1) is 13.1. The van der Waals surface area contributed by atoms with Crippen LogP contribution < -0.4 is 5.73 Å². The zero-order valence-corrected chi connectivity index (χ0v) is 12.6. The number of rotatable bonds is 1. The summed E-state index contributed by atoms with van der Waals surface area (Å²) in [6, 6.07) is 6.05. The Hall–Kier alpha value is -1.36. The molecule has 0 saturated heterocycles. The maximum absolute atomic E-state index is 5.94. The van der Waals surface area contributed by atoms with Crippen molar-refractivity contribution < 1.29 is 0 Å². The fourth-order valence-electron chi connectivity index (χ4n) is 1.96. The minimum atomic E-state index is -0.114. The molecule has 0 aliphatic carbocycles. The van der Waals surface area contributed by atoms with Crippen molar-refractivity contribution in [3.8, 4) is 5.69 Å². The molecule has 18 heavy (non-hydrogen) atoms. The minimum Gasteiger partial charge on any atom is -0.381 e. The highest BCUT2D eigenvalue weighted by molar-refractivity contribution is 9.10. The smallest absolute Gasteiger partial charge is 0.170 e. The Balaban J connectivity index is 2.70. The number of benzene rings is 1. The zero-order valence-electron chi connectivity index (χ0n) is 11.0. The molecule has 0 bridgehead atoms. The van der Waals surface area contributed by atoms with Gasteiger partial charge in [0.2, 0.25) is 0 Å². The molecule has 0 aliphatic heterocycles. The monoisotopic (exact) mass is 308 g/mol. The quantitative estimate of drug-likeness (QED) is 0.880. The molecular formula is C13H17BrN4. The number of halogens is 1. The molecule has 0 radical (unpaired) electrons. The molecule has 1 aromatic carbocycles. The van der Waals surface area contributed by atoms with Crippen molar-refractivity contribution in [2.24, 2.45) is 0 Å². The second-order valence-electron chi connectivity index (χ2n) is 5.39. The van der Waals surface area contributed by atoms with E-state index in [4.69, 9.17) is 5.73 Å². The lowest BCUT2D eigenvalue weighted by Crippen LogP contribution is -2.19. The summed E-state index contributed by atoms with van der Waals surface area (Å²) in [5, 5.41) is 8.17. The van der Waals surface area contributed by atoms with Crippen LogP contribution in [-0.2, 0) is 5.41 Å². The van der Waals surface area contributed by atoms with Gasteiger partial charge in [-0.2, -0.15) is 0 Å². The molecule has 2 rings (SSSR count). The lowest BCUT2D eigenvalue weighted by molar-refractivity contribution is 0.544. The van der Waals surface area contributed by atoms with Crippen molar-refractivity contribution >= 4 is 21.7 Å². The molecule has 0 atom stereocenters. The molecule has 1 aromatic heterocycles. The average molecular weight is 309 g/mol. The molecule has 0 unspecified atom stereocenters. The minimum absolute atomic E-state index is 0.114. The number of nitrogens with zero attached hydrogens (tertiary/aromatic N) is 3. The summed E-state index contributed by atoms with van der Waals surface area (Å²) in [5.41, 5.74) is 8.87. The van der Waals surface area contributed by atoms with Crippen LogP contribution in [0.4, 0.5) is 5.82 Å². The molecule has 4 nitrogen and oxygen atoms in total. The van der Waals surface area contributed by atoms with E-state index in [-0.39, 0.29) is 5.41 Å². The molecule has 0 saturated carbocycles. The number of anilines is 1. The van der Waals surface area contributed by atoms with E-state index in [2.05, 4.69) is 47.0 Å². The summed E-state index contributed by atoms with van der Waals surface area (Å²) in [7, 11) is 0. The van der Waals surface area contributed by atoms with Crippen LogP contribution in [0.1, 0.15) is 32.0 Å². The number of hydrogen-bond acceptors (Lipinski definition) is 3. The van der Waals surface area contributed by atoms with Gasteiger partial charge in [-0.15, -0.1) is 5.10 Å². The van der Waals surface area contributed by atoms with Gasteiger partial charge in [0.05, 0.1) is 11.4 Å². The predicted molar refractivity (Wildman–Crippen MR) is 76.9 cm³/mol. The molecule has 0 fully saturated rings. The van der Waals surface area contributed by atoms with Gasteiger partial charge in [-0.25, -0.2) is 4.68 Å². The third-order valence-corrected chi connectivity index (χ3v) is 3.84. The Morgan fingerprint density at radius 3 is 2.56 bits per heavy atom. The predicted octanol–water partition coefficient (Wildman–Crippen LogP) is 3.22. The average Bonchev–Trinajstić information content (AvgIpc) is 2.64. The Bertz CT molecular complexity index is 581. The maximum Gasteiger partial charge on any atom is 0.170 e. The molecule has 0 spiro atoms. The van der Waals surface area contributed by atoms with Crippen LogP contribution in [0.3, 0.4) is 0 Å². The molecular weight excluding hydrogens is 292 g/mol. The number of nitrogen functional groups attached to an aromatic ring is 1. The Morgan fingerprint density at radius 2 is 1.94 bits per heavy atom. The fourth-order valence-corrected chi connectivity index (χ4v) is 2.39. The second-order valence-corrected chi connectivity index (χ2v) is 6.19. The normalized spacial score (nSPS) is 11.8. The van der Waals surface area contributed by atoms with Crippen LogP contribution in [0.25, 0.3) is 5.69 Å². The standard InChI is InChI=1S/C13H17BrN4/c1-8-6-5-7-9(10(8)14)18-11(13(2,3)4)12(15)16-17-18/h5-7H,15H2,1-4H3. The van der Waals surface area contributed by atoms with E-state index < -0.39 is 0 Å². The van der Waals surface area contributed by atoms with Crippen LogP contribution in [0.15, 0.2) is 22.7 Å². The van der Waals surface area contributed by atoms with E-state index in [1.807, 2.05) is 29.8 Å². The molecule has 1 heterocycles. The van der Waals surface area contributed by atoms with Gasteiger partial charge in [0.25, 0.3) is 0 Å². The van der Waals surface area contributed by atoms with E-state index in [0.29, 0.717) is 5.82 Å². The van der Waals surface area contributed by atoms with Gasteiger partial charge >= 0.3 is 0 Å². The van der Waals surface area contributed by atoms with Crippen LogP contribution in [0, 0.1) is 6.92 Å². The number of aryl methyl sites for hydroxylation is 1. The van der Waals surface area contributed by atoms with E-state index in [9.17, 15) is 0 Å². The first-order chi connectivity index (χ1) is 8.32. The summed E-state index contributed by atoms with van der Waals surface area (Å²) in [6.45, 7) is 8.34. The van der Waals surface area contributed by atoms with Gasteiger partial charge in [-0.05, 0) is 34.5 Å². The number of hydrogen-bond donors (Lipinski definition) is 1. The highest BCUT2D eigenvalue weighted by Gasteiger charge is 2.25. The lowest BCUT2D eigenvalue weighted by Gasteiger charge is -2.20. The highest BCUT2D eigenvalue weighted by Crippen LogP contribution is 2.31. The summed E-state index contributed by atoms with van der Waals surface area (Å²) in [6.07, 6.45) is 0. The van der Waals surface area contributed by atoms with Crippen molar-refractivity contribution in [3.05, 3.63) is 33.9 Å². The van der Waals surface area contributed by atoms with Crippen molar-refractivity contribution in [3.63, 3.8) is 0 Å². The Morgan fingerprint density at radius 1 is 1.28 bits per heavy atom. The van der Waals surface area contributed by atoms with Gasteiger partial charge in [0.15, 0.2) is 5.82 Å². The van der Waals surface area contributed by atoms with Crippen LogP contribution in [0.5, 0.6) is 0 Å². The van der Waals surface area contributed by atoms with Gasteiger partial charge in [-0.3, -0.25) is 0 Å². The maximum atomic E-state index is 5.94. The van der Waals surface area contributed by atoms with Crippen molar-refractivity contribution in [2.75, 3.05) is 5.73 Å². The molecule has 96 valence electrons. The third kappa shape index (κ3) is 2.14. The molecule has 5 heteroatoms. The van der Waals surface area contributed by atoms with Gasteiger partial charge in [0, 0.05) is 9.89 Å². The van der Waals surface area contributed by atoms with Gasteiger partial charge in [-0.1, -0.05) is 38.1 Å². The molecule has 0 amide bonds. The fraction of sp³-hybridized carbons (Fsp3) is 0.385. The second kappa shape index (κ2) is 4.39. The summed E-state index contributed by atoms with van der Waals surface area (Å²) in [4.78, 5) is 0. The van der Waals surface area contributed by atoms with Crippen molar-refractivity contribution in [1.82, 2.24) is 15.0 Å². The van der Waals surface area contributed by atoms with Gasteiger partial charge in [0.1, 0.15) is 0 Å². The Labute approximate surface area is 115 Å². The highest BCUT2D eigenvalue weighted by atomic mass is 79.9. The first-order valence-electron chi connectivity index (χ1n) is 5.79. The topological polar surface area (TPSA) is 56.7 Å². The van der Waals surface area contributed by atoms with Gasteiger partial charge < -0.3 is 5.73 Å². The zero-order chi connectivity index (χ0) is 13.5. The summed E-state index contributed by atoms with van der Waals surface area (Å²) in [5.74, 6) is 0.482. The van der Waals surface area contributed by atoms with Crippen LogP contribution in [-0.4, -0.2) is 15.0 Å². The largest absolute Gasteiger partial charge is 0.381 e. The van der Waals surface area contributed by atoms with Crippen molar-refractivity contribution in [1.29, 1.82) is 0 Å². The SMILES string of the molecule is Cc1cccc(-n2nnc(N)c2C(C)(C)C)c1Br. The van der Waals surface area contributed by atoms with E-state index in [1.54, 1.807) is 0 Å². The van der Waals surface area contributed by atoms with E-state index in [0.717, 1.165) is 21.4 Å². The molecule has 2 N–H and O–H groups in total. The Kier molecular flexibility index (Phi) is 3.19. The van der Waals surface area contributed by atoms with Crippen molar-refractivity contribution in [2.45, 2.75) is 33.1 Å². The molecule has 0 aliphatic rings. The lowest BCUT2D eigenvalue weighted by atomic mass is 9.91. The summed E-state index contributed by atoms with van der Waals surface area (Å²) >= 11 is 3.60. The van der Waals surface area contributed by atoms with E-state index in [1.165, 1.54) is 0 Å².